The van der Waals surface area contributed by atoms with Gasteiger partial charge in [0, 0.05) is 11.1 Å². The predicted molar refractivity (Wildman–Crippen MR) is 132 cm³/mol. The minimum atomic E-state index is -0.543. The van der Waals surface area contributed by atoms with Crippen LogP contribution in [0.1, 0.15) is 21.5 Å². The van der Waals surface area contributed by atoms with Gasteiger partial charge in [0.25, 0.3) is 0 Å². The van der Waals surface area contributed by atoms with Gasteiger partial charge < -0.3 is 29.8 Å². The molecular formula is C27H27NO6. The van der Waals surface area contributed by atoms with Crippen LogP contribution < -0.4 is 24.7 Å². The van der Waals surface area contributed by atoms with Crippen molar-refractivity contribution in [3.63, 3.8) is 0 Å². The monoisotopic (exact) mass is 461 g/mol. The Balaban J connectivity index is 1.94. The summed E-state index contributed by atoms with van der Waals surface area (Å²) in [7, 11) is 6.38. The molecule has 176 valence electrons. The minimum absolute atomic E-state index is 0.0945. The highest BCUT2D eigenvalue weighted by Gasteiger charge is 2.20. The Hall–Kier alpha value is -4.13. The van der Waals surface area contributed by atoms with E-state index in [-0.39, 0.29) is 5.75 Å². The molecule has 0 heterocycles. The maximum atomic E-state index is 12.3. The molecule has 0 saturated carbocycles. The van der Waals surface area contributed by atoms with Crippen molar-refractivity contribution in [1.29, 1.82) is 0 Å². The van der Waals surface area contributed by atoms with Crippen LogP contribution in [0.25, 0.3) is 21.5 Å². The van der Waals surface area contributed by atoms with E-state index in [1.165, 1.54) is 0 Å². The first-order chi connectivity index (χ1) is 16.4. The first kappa shape index (κ1) is 23.0. The lowest BCUT2D eigenvalue weighted by atomic mass is 9.91. The number of carbonyl (C=O) groups is 1. The van der Waals surface area contributed by atoms with Crippen LogP contribution in [0.5, 0.6) is 28.7 Å². The van der Waals surface area contributed by atoms with Crippen LogP contribution >= 0.6 is 0 Å². The van der Waals surface area contributed by atoms with Crippen molar-refractivity contribution in [3.05, 3.63) is 65.2 Å². The molecule has 0 bridgehead atoms. The summed E-state index contributed by atoms with van der Waals surface area (Å²) in [5, 5.41) is 13.2. The van der Waals surface area contributed by atoms with Gasteiger partial charge in [-0.15, -0.1) is 0 Å². The van der Waals surface area contributed by atoms with E-state index in [0.29, 0.717) is 52.2 Å². The lowest BCUT2D eigenvalue weighted by Crippen LogP contribution is -2.12. The second kappa shape index (κ2) is 9.39. The van der Waals surface area contributed by atoms with Crippen LogP contribution in [0.15, 0.2) is 48.5 Å². The second-order valence-corrected chi connectivity index (χ2v) is 7.89. The van der Waals surface area contributed by atoms with Gasteiger partial charge in [-0.25, -0.2) is 0 Å². The van der Waals surface area contributed by atoms with Gasteiger partial charge in [-0.2, -0.15) is 0 Å². The van der Waals surface area contributed by atoms with E-state index in [1.807, 2.05) is 24.3 Å². The average molecular weight is 462 g/mol. The number of aromatic hydroxyl groups is 1. The molecule has 0 atom stereocenters. The van der Waals surface area contributed by atoms with E-state index in [0.717, 1.165) is 21.9 Å². The molecule has 4 aromatic carbocycles. The van der Waals surface area contributed by atoms with Gasteiger partial charge in [0.05, 0.1) is 28.4 Å². The lowest BCUT2D eigenvalue weighted by molar-refractivity contribution is 0.100. The zero-order valence-corrected chi connectivity index (χ0v) is 19.6. The lowest BCUT2D eigenvalue weighted by Gasteiger charge is -2.19. The molecule has 34 heavy (non-hydrogen) atoms. The number of primary amides is 1. The third kappa shape index (κ3) is 4.01. The van der Waals surface area contributed by atoms with Crippen molar-refractivity contribution in [2.45, 2.75) is 12.8 Å². The Kier molecular flexibility index (Phi) is 6.36. The third-order valence-corrected chi connectivity index (χ3v) is 6.06. The summed E-state index contributed by atoms with van der Waals surface area (Å²) in [5.41, 5.74) is 8.02. The van der Waals surface area contributed by atoms with Crippen molar-refractivity contribution in [1.82, 2.24) is 0 Å². The number of fused-ring (bicyclic) bond motifs is 3. The number of nitrogens with two attached hydrogens (primary N) is 1. The van der Waals surface area contributed by atoms with Gasteiger partial charge in [-0.3, -0.25) is 4.79 Å². The molecule has 0 fully saturated rings. The molecule has 0 aromatic heterocycles. The summed E-state index contributed by atoms with van der Waals surface area (Å²) in [6, 6.07) is 14.3. The highest BCUT2D eigenvalue weighted by atomic mass is 16.5. The first-order valence-electron chi connectivity index (χ1n) is 10.8. The van der Waals surface area contributed by atoms with Crippen molar-refractivity contribution in [2.24, 2.45) is 5.73 Å². The molecule has 0 spiro atoms. The standard InChI is InChI=1S/C27H27NO6/c1-31-23-10-6-15(11-24(23)32-2)5-8-18-20-13-22(27(28)30)17-9-7-16(29)12-19(17)21(20)14-25(33-3)26(18)34-4/h6-7,9-14,29H,5,8H2,1-4H3,(H2,28,30). The number of carbonyl (C=O) groups excluding carboxylic acids is 1. The molecule has 4 aromatic rings. The third-order valence-electron chi connectivity index (χ3n) is 6.06. The molecule has 7 nitrogen and oxygen atoms in total. The Morgan fingerprint density at radius 3 is 2.09 bits per heavy atom. The van der Waals surface area contributed by atoms with E-state index in [1.54, 1.807) is 52.7 Å². The number of phenolic OH excluding ortho intramolecular Hbond substituents is 1. The number of benzene rings is 4. The SMILES string of the molecule is COc1ccc(CCc2c(OC)c(OC)cc3c2cc(C(N)=O)c2ccc(O)cc23)cc1OC. The molecule has 0 aliphatic carbocycles. The molecule has 0 radical (unpaired) electrons. The minimum Gasteiger partial charge on any atom is -0.508 e. The Labute approximate surface area is 197 Å². The van der Waals surface area contributed by atoms with Gasteiger partial charge in [0.15, 0.2) is 23.0 Å². The largest absolute Gasteiger partial charge is 0.508 e. The Bertz CT molecular complexity index is 1400. The summed E-state index contributed by atoms with van der Waals surface area (Å²) in [5.74, 6) is 2.02. The van der Waals surface area contributed by atoms with Gasteiger partial charge in [-0.1, -0.05) is 6.07 Å². The normalized spacial score (nSPS) is 10.9. The number of ether oxygens (including phenoxy) is 4. The Morgan fingerprint density at radius 1 is 0.735 bits per heavy atom. The number of rotatable bonds is 8. The molecule has 0 saturated heterocycles. The van der Waals surface area contributed by atoms with Crippen LogP contribution in [0, 0.1) is 0 Å². The molecule has 0 unspecified atom stereocenters. The maximum Gasteiger partial charge on any atom is 0.249 e. The number of phenols is 1. The van der Waals surface area contributed by atoms with E-state index < -0.39 is 5.91 Å². The van der Waals surface area contributed by atoms with Crippen LogP contribution in [-0.2, 0) is 12.8 Å². The molecule has 0 aliphatic rings. The van der Waals surface area contributed by atoms with E-state index in [4.69, 9.17) is 24.7 Å². The summed E-state index contributed by atoms with van der Waals surface area (Å²) in [6.07, 6.45) is 1.26. The van der Waals surface area contributed by atoms with Crippen molar-refractivity contribution in [2.75, 3.05) is 28.4 Å². The number of aryl methyl sites for hydroxylation is 2. The number of methoxy groups -OCH3 is 4. The van der Waals surface area contributed by atoms with Gasteiger partial charge in [0.1, 0.15) is 5.75 Å². The van der Waals surface area contributed by atoms with E-state index in [9.17, 15) is 9.90 Å². The zero-order valence-electron chi connectivity index (χ0n) is 19.6. The van der Waals surface area contributed by atoms with Crippen molar-refractivity contribution >= 4 is 27.5 Å². The average Bonchev–Trinajstić information content (AvgIpc) is 2.85. The van der Waals surface area contributed by atoms with Crippen LogP contribution in [0.2, 0.25) is 0 Å². The first-order valence-corrected chi connectivity index (χ1v) is 10.8. The maximum absolute atomic E-state index is 12.3. The predicted octanol–water partition coefficient (Wildman–Crippen LogP) is 4.62. The molecule has 1 amide bonds. The Morgan fingerprint density at radius 2 is 1.44 bits per heavy atom. The van der Waals surface area contributed by atoms with Crippen LogP contribution in [-0.4, -0.2) is 39.5 Å². The van der Waals surface area contributed by atoms with Gasteiger partial charge in [0.2, 0.25) is 5.91 Å². The summed E-state index contributed by atoms with van der Waals surface area (Å²) >= 11 is 0. The van der Waals surface area contributed by atoms with E-state index >= 15 is 0 Å². The summed E-state index contributed by atoms with van der Waals surface area (Å²) < 4.78 is 22.2. The quantitative estimate of drug-likeness (QED) is 0.372. The van der Waals surface area contributed by atoms with E-state index in [2.05, 4.69) is 0 Å². The molecule has 7 heteroatoms. The number of hydrogen-bond donors (Lipinski definition) is 2. The fourth-order valence-corrected chi connectivity index (χ4v) is 4.44. The summed E-state index contributed by atoms with van der Waals surface area (Å²) in [4.78, 5) is 12.3. The molecule has 3 N–H and O–H groups in total. The van der Waals surface area contributed by atoms with Crippen molar-refractivity contribution in [3.8, 4) is 28.7 Å². The highest BCUT2D eigenvalue weighted by molar-refractivity contribution is 6.18. The fourth-order valence-electron chi connectivity index (χ4n) is 4.44. The van der Waals surface area contributed by atoms with Gasteiger partial charge >= 0.3 is 0 Å². The summed E-state index contributed by atoms with van der Waals surface area (Å²) in [6.45, 7) is 0. The number of amides is 1. The highest BCUT2D eigenvalue weighted by Crippen LogP contribution is 2.42. The number of hydrogen-bond acceptors (Lipinski definition) is 6. The van der Waals surface area contributed by atoms with Crippen molar-refractivity contribution < 1.29 is 28.8 Å². The van der Waals surface area contributed by atoms with Gasteiger partial charge in [-0.05, 0) is 82.4 Å². The molecule has 0 aliphatic heterocycles. The van der Waals surface area contributed by atoms with Crippen LogP contribution in [0.3, 0.4) is 0 Å². The van der Waals surface area contributed by atoms with Crippen LogP contribution in [0.4, 0.5) is 0 Å². The zero-order chi connectivity index (χ0) is 24.4. The molecule has 4 rings (SSSR count). The topological polar surface area (TPSA) is 100 Å². The smallest absolute Gasteiger partial charge is 0.249 e. The second-order valence-electron chi connectivity index (χ2n) is 7.89. The molecular weight excluding hydrogens is 434 g/mol. The fraction of sp³-hybridized carbons (Fsp3) is 0.222.